The molecule has 0 aromatic heterocycles. The van der Waals surface area contributed by atoms with Crippen molar-refractivity contribution < 1.29 is 0 Å². The molecule has 2 rings (SSSR count). The fourth-order valence-electron chi connectivity index (χ4n) is 2.19. The van der Waals surface area contributed by atoms with Gasteiger partial charge in [0.2, 0.25) is 0 Å². The maximum atomic E-state index is 2.27. The number of hydrogen-bond acceptors (Lipinski definition) is 0. The lowest BCUT2D eigenvalue weighted by molar-refractivity contribution is 1.37. The number of allylic oxidation sites excluding steroid dienone is 1. The first-order chi connectivity index (χ1) is 9.56. The van der Waals surface area contributed by atoms with Crippen molar-refractivity contribution in [1.82, 2.24) is 0 Å². The first-order valence-corrected chi connectivity index (χ1v) is 7.39. The second-order valence-corrected chi connectivity index (χ2v) is 5.06. The normalized spacial score (nSPS) is 10.3. The fourth-order valence-corrected chi connectivity index (χ4v) is 2.19. The van der Waals surface area contributed by atoms with Crippen LogP contribution < -0.4 is 0 Å². The van der Waals surface area contributed by atoms with Crippen molar-refractivity contribution in [2.75, 3.05) is 0 Å². The average molecular weight is 282 g/mol. The molecule has 0 bridgehead atoms. The smallest absolute Gasteiger partial charge is 0.0224 e. The predicted molar refractivity (Wildman–Crippen MR) is 98.7 cm³/mol. The van der Waals surface area contributed by atoms with E-state index in [0.29, 0.717) is 0 Å². The van der Waals surface area contributed by atoms with E-state index in [1.54, 1.807) is 0 Å². The zero-order chi connectivity index (χ0) is 15.1. The molecule has 0 heterocycles. The Labute approximate surface area is 131 Å². The SMILES string of the molecule is C.C/C(=C\c1ccc(C)cc1C)c1cccc(C)c1.CC. The van der Waals surface area contributed by atoms with Gasteiger partial charge in [0.05, 0.1) is 0 Å². The molecule has 114 valence electrons. The Kier molecular flexibility index (Phi) is 8.38. The molecule has 0 amide bonds. The largest absolute Gasteiger partial charge is 0.0776 e. The summed E-state index contributed by atoms with van der Waals surface area (Å²) >= 11 is 0. The molecule has 0 aliphatic carbocycles. The van der Waals surface area contributed by atoms with Gasteiger partial charge in [0.15, 0.2) is 0 Å². The van der Waals surface area contributed by atoms with Crippen LogP contribution in [-0.2, 0) is 0 Å². The van der Waals surface area contributed by atoms with Gasteiger partial charge in [-0.1, -0.05) is 80.9 Å². The van der Waals surface area contributed by atoms with Gasteiger partial charge in [-0.3, -0.25) is 0 Å². The number of aryl methyl sites for hydroxylation is 3. The standard InChI is InChI=1S/C18H20.C2H6.CH4/c1-13-6-5-7-17(11-13)16(4)12-18-9-8-14(2)10-15(18)3;1-2;/h5-12H,1-4H3;1-2H3;1H4/b16-12+;;. The van der Waals surface area contributed by atoms with Gasteiger partial charge < -0.3 is 0 Å². The molecule has 0 saturated carbocycles. The molecular formula is C21H30. The molecule has 21 heavy (non-hydrogen) atoms. The lowest BCUT2D eigenvalue weighted by Crippen LogP contribution is -1.85. The van der Waals surface area contributed by atoms with Crippen LogP contribution in [-0.4, -0.2) is 0 Å². The zero-order valence-corrected chi connectivity index (χ0v) is 13.6. The highest BCUT2D eigenvalue weighted by Gasteiger charge is 1.99. The molecule has 0 fully saturated rings. The van der Waals surface area contributed by atoms with Crippen molar-refractivity contribution >= 4 is 11.6 Å². The molecule has 0 radical (unpaired) electrons. The van der Waals surface area contributed by atoms with Crippen LogP contribution in [0.5, 0.6) is 0 Å². The van der Waals surface area contributed by atoms with Crippen LogP contribution in [0.1, 0.15) is 56.0 Å². The minimum atomic E-state index is 0. The average Bonchev–Trinajstić information content (AvgIpc) is 2.44. The Hall–Kier alpha value is -1.82. The first-order valence-electron chi connectivity index (χ1n) is 7.39. The third-order valence-corrected chi connectivity index (χ3v) is 3.27. The third kappa shape index (κ3) is 5.59. The van der Waals surface area contributed by atoms with Crippen LogP contribution >= 0.6 is 0 Å². The van der Waals surface area contributed by atoms with E-state index in [-0.39, 0.29) is 7.43 Å². The Morgan fingerprint density at radius 3 is 2.05 bits per heavy atom. The van der Waals surface area contributed by atoms with Gasteiger partial charge >= 0.3 is 0 Å². The minimum absolute atomic E-state index is 0. The van der Waals surface area contributed by atoms with Crippen molar-refractivity contribution in [2.45, 2.75) is 49.0 Å². The number of rotatable bonds is 2. The van der Waals surface area contributed by atoms with Crippen molar-refractivity contribution in [3.63, 3.8) is 0 Å². The van der Waals surface area contributed by atoms with E-state index in [9.17, 15) is 0 Å². The second-order valence-electron chi connectivity index (χ2n) is 5.06. The topological polar surface area (TPSA) is 0 Å². The van der Waals surface area contributed by atoms with Crippen LogP contribution in [0.3, 0.4) is 0 Å². The highest BCUT2D eigenvalue weighted by atomic mass is 14.0. The summed E-state index contributed by atoms with van der Waals surface area (Å²) in [4.78, 5) is 0. The summed E-state index contributed by atoms with van der Waals surface area (Å²) < 4.78 is 0. The first kappa shape index (κ1) is 19.2. The molecule has 0 saturated heterocycles. The summed E-state index contributed by atoms with van der Waals surface area (Å²) in [5.41, 5.74) is 7.88. The minimum Gasteiger partial charge on any atom is -0.0776 e. The molecule has 0 aliphatic heterocycles. The van der Waals surface area contributed by atoms with Crippen LogP contribution in [0.4, 0.5) is 0 Å². The second kappa shape index (κ2) is 9.18. The lowest BCUT2D eigenvalue weighted by atomic mass is 9.99. The Morgan fingerprint density at radius 1 is 0.857 bits per heavy atom. The Balaban J connectivity index is 0.00000128. The van der Waals surface area contributed by atoms with Gasteiger partial charge in [0.25, 0.3) is 0 Å². The van der Waals surface area contributed by atoms with Crippen LogP contribution in [0.25, 0.3) is 11.6 Å². The van der Waals surface area contributed by atoms with Crippen LogP contribution in [0, 0.1) is 20.8 Å². The van der Waals surface area contributed by atoms with Gasteiger partial charge in [0, 0.05) is 0 Å². The van der Waals surface area contributed by atoms with Gasteiger partial charge in [0.1, 0.15) is 0 Å². The van der Waals surface area contributed by atoms with Crippen molar-refractivity contribution in [1.29, 1.82) is 0 Å². The number of hydrogen-bond donors (Lipinski definition) is 0. The third-order valence-electron chi connectivity index (χ3n) is 3.27. The van der Waals surface area contributed by atoms with Gasteiger partial charge in [-0.25, -0.2) is 0 Å². The van der Waals surface area contributed by atoms with E-state index in [1.807, 2.05) is 13.8 Å². The summed E-state index contributed by atoms with van der Waals surface area (Å²) in [6.07, 6.45) is 2.27. The quantitative estimate of drug-likeness (QED) is 0.529. The van der Waals surface area contributed by atoms with Crippen molar-refractivity contribution in [3.05, 3.63) is 70.3 Å². The van der Waals surface area contributed by atoms with E-state index in [2.05, 4.69) is 76.2 Å². The molecule has 0 aliphatic rings. The Morgan fingerprint density at radius 2 is 1.48 bits per heavy atom. The van der Waals surface area contributed by atoms with Gasteiger partial charge in [-0.2, -0.15) is 0 Å². The molecule has 0 unspecified atom stereocenters. The summed E-state index contributed by atoms with van der Waals surface area (Å²) in [6.45, 7) is 12.6. The summed E-state index contributed by atoms with van der Waals surface area (Å²) in [5, 5.41) is 0. The molecule has 0 nitrogen and oxygen atoms in total. The molecule has 0 spiro atoms. The van der Waals surface area contributed by atoms with Crippen molar-refractivity contribution in [3.8, 4) is 0 Å². The van der Waals surface area contributed by atoms with E-state index in [1.165, 1.54) is 33.4 Å². The lowest BCUT2D eigenvalue weighted by Gasteiger charge is -2.06. The zero-order valence-electron chi connectivity index (χ0n) is 13.6. The van der Waals surface area contributed by atoms with Crippen molar-refractivity contribution in [2.24, 2.45) is 0 Å². The molecule has 0 heteroatoms. The van der Waals surface area contributed by atoms with Crippen LogP contribution in [0.2, 0.25) is 0 Å². The van der Waals surface area contributed by atoms with E-state index in [0.717, 1.165) is 0 Å². The molecular weight excluding hydrogens is 252 g/mol. The summed E-state index contributed by atoms with van der Waals surface area (Å²) in [6, 6.07) is 15.2. The highest BCUT2D eigenvalue weighted by Crippen LogP contribution is 2.21. The highest BCUT2D eigenvalue weighted by molar-refractivity contribution is 5.81. The summed E-state index contributed by atoms with van der Waals surface area (Å²) in [7, 11) is 0. The predicted octanol–water partition coefficient (Wildman–Crippen LogP) is 6.83. The van der Waals surface area contributed by atoms with Gasteiger partial charge in [-0.05, 0) is 50.0 Å². The maximum absolute atomic E-state index is 2.27. The maximum Gasteiger partial charge on any atom is -0.0224 e. The Bertz CT molecular complexity index is 589. The molecule has 2 aromatic carbocycles. The summed E-state index contributed by atoms with van der Waals surface area (Å²) in [5.74, 6) is 0. The molecule has 0 atom stereocenters. The monoisotopic (exact) mass is 282 g/mol. The fraction of sp³-hybridized carbons (Fsp3) is 0.333. The number of benzene rings is 2. The van der Waals surface area contributed by atoms with E-state index < -0.39 is 0 Å². The van der Waals surface area contributed by atoms with E-state index >= 15 is 0 Å². The van der Waals surface area contributed by atoms with Gasteiger partial charge in [-0.15, -0.1) is 0 Å². The molecule has 2 aromatic rings. The van der Waals surface area contributed by atoms with Crippen LogP contribution in [0.15, 0.2) is 42.5 Å². The molecule has 0 N–H and O–H groups in total. The van der Waals surface area contributed by atoms with E-state index in [4.69, 9.17) is 0 Å².